The molecule has 0 atom stereocenters. The monoisotopic (exact) mass is 353 g/mol. The molecule has 3 rings (SSSR count). The van der Waals surface area contributed by atoms with Crippen molar-refractivity contribution < 1.29 is 14.2 Å². The summed E-state index contributed by atoms with van der Waals surface area (Å²) in [5, 5.41) is 14.2. The number of para-hydroxylation sites is 2. The number of nitrogens with one attached hydrogen (secondary N) is 2. The molecular formula is C18H19N5O3. The molecule has 0 spiro atoms. The zero-order valence-corrected chi connectivity index (χ0v) is 14.7. The first-order chi connectivity index (χ1) is 12.7. The Bertz CT molecular complexity index is 888. The number of ether oxygens (including phenoxy) is 3. The standard InChI is InChI=1S/C18H19N5O3/c1-24-12-8-9-14(16(10-12)26-3)21-18-22-17(11-19-23-18)20-13-6-4-5-7-15(13)25-2/h4-11H,1-3H3,(H2,20,21,22,23). The lowest BCUT2D eigenvalue weighted by atomic mass is 10.2. The van der Waals surface area contributed by atoms with E-state index in [4.69, 9.17) is 14.2 Å². The maximum atomic E-state index is 5.37. The summed E-state index contributed by atoms with van der Waals surface area (Å²) in [5.41, 5.74) is 1.48. The van der Waals surface area contributed by atoms with Crippen LogP contribution < -0.4 is 24.8 Å². The van der Waals surface area contributed by atoms with Crippen LogP contribution in [0, 0.1) is 0 Å². The van der Waals surface area contributed by atoms with Gasteiger partial charge in [0.1, 0.15) is 17.2 Å². The van der Waals surface area contributed by atoms with Gasteiger partial charge in [0.05, 0.1) is 38.9 Å². The number of aromatic nitrogens is 3. The molecule has 8 nitrogen and oxygen atoms in total. The van der Waals surface area contributed by atoms with Crippen LogP contribution in [0.4, 0.5) is 23.1 Å². The molecule has 0 aliphatic rings. The lowest BCUT2D eigenvalue weighted by molar-refractivity contribution is 0.395. The average Bonchev–Trinajstić information content (AvgIpc) is 2.69. The van der Waals surface area contributed by atoms with Gasteiger partial charge in [0, 0.05) is 6.07 Å². The van der Waals surface area contributed by atoms with Gasteiger partial charge in [-0.25, -0.2) is 0 Å². The molecule has 1 aromatic heterocycles. The van der Waals surface area contributed by atoms with E-state index in [1.807, 2.05) is 36.4 Å². The van der Waals surface area contributed by atoms with Gasteiger partial charge in [-0.15, -0.1) is 5.10 Å². The zero-order valence-electron chi connectivity index (χ0n) is 14.7. The molecule has 26 heavy (non-hydrogen) atoms. The van der Waals surface area contributed by atoms with E-state index in [0.717, 1.165) is 5.69 Å². The number of hydrogen-bond acceptors (Lipinski definition) is 8. The minimum atomic E-state index is 0.327. The number of benzene rings is 2. The van der Waals surface area contributed by atoms with E-state index < -0.39 is 0 Å². The summed E-state index contributed by atoms with van der Waals surface area (Å²) in [5.74, 6) is 2.86. The third kappa shape index (κ3) is 3.92. The van der Waals surface area contributed by atoms with Gasteiger partial charge in [-0.2, -0.15) is 10.1 Å². The Hall–Kier alpha value is -3.55. The van der Waals surface area contributed by atoms with Gasteiger partial charge < -0.3 is 24.8 Å². The Morgan fingerprint density at radius 3 is 2.35 bits per heavy atom. The molecule has 2 N–H and O–H groups in total. The van der Waals surface area contributed by atoms with Crippen LogP contribution >= 0.6 is 0 Å². The van der Waals surface area contributed by atoms with Gasteiger partial charge in [-0.3, -0.25) is 0 Å². The maximum Gasteiger partial charge on any atom is 0.249 e. The Morgan fingerprint density at radius 1 is 0.808 bits per heavy atom. The van der Waals surface area contributed by atoms with E-state index in [1.165, 1.54) is 6.20 Å². The zero-order chi connectivity index (χ0) is 18.4. The van der Waals surface area contributed by atoms with Crippen molar-refractivity contribution in [3.05, 3.63) is 48.7 Å². The summed E-state index contributed by atoms with van der Waals surface area (Å²) in [6.45, 7) is 0. The molecule has 0 saturated heterocycles. The van der Waals surface area contributed by atoms with Crippen LogP contribution in [0.5, 0.6) is 17.2 Å². The second-order valence-corrected chi connectivity index (χ2v) is 5.18. The first kappa shape index (κ1) is 17.3. The number of methoxy groups -OCH3 is 3. The second-order valence-electron chi connectivity index (χ2n) is 5.18. The smallest absolute Gasteiger partial charge is 0.249 e. The highest BCUT2D eigenvalue weighted by Crippen LogP contribution is 2.31. The highest BCUT2D eigenvalue weighted by Gasteiger charge is 2.09. The molecule has 2 aromatic carbocycles. The molecule has 0 aliphatic carbocycles. The molecule has 134 valence electrons. The predicted octanol–water partition coefficient (Wildman–Crippen LogP) is 3.38. The van der Waals surface area contributed by atoms with Gasteiger partial charge in [0.15, 0.2) is 5.82 Å². The fourth-order valence-corrected chi connectivity index (χ4v) is 2.32. The molecule has 1 heterocycles. The first-order valence-corrected chi connectivity index (χ1v) is 7.82. The van der Waals surface area contributed by atoms with Crippen LogP contribution in [0.2, 0.25) is 0 Å². The molecule has 0 saturated carbocycles. The topological polar surface area (TPSA) is 90.4 Å². The second kappa shape index (κ2) is 8.02. The quantitative estimate of drug-likeness (QED) is 0.668. The Labute approximate surface area is 151 Å². The van der Waals surface area contributed by atoms with Crippen molar-refractivity contribution >= 4 is 23.1 Å². The third-order valence-corrected chi connectivity index (χ3v) is 3.58. The SMILES string of the molecule is COc1ccc(Nc2nncc(Nc3ccccc3OC)n2)c(OC)c1. The van der Waals surface area contributed by atoms with Gasteiger partial charge in [-0.1, -0.05) is 12.1 Å². The van der Waals surface area contributed by atoms with E-state index in [9.17, 15) is 0 Å². The van der Waals surface area contributed by atoms with Gasteiger partial charge in [0.25, 0.3) is 0 Å². The summed E-state index contributed by atoms with van der Waals surface area (Å²) in [6.07, 6.45) is 1.53. The van der Waals surface area contributed by atoms with Crippen LogP contribution in [0.25, 0.3) is 0 Å². The number of anilines is 4. The normalized spacial score (nSPS) is 10.1. The van der Waals surface area contributed by atoms with Crippen LogP contribution in [0.3, 0.4) is 0 Å². The Kier molecular flexibility index (Phi) is 5.33. The molecule has 3 aromatic rings. The average molecular weight is 353 g/mol. The summed E-state index contributed by atoms with van der Waals surface area (Å²) in [4.78, 5) is 4.42. The summed E-state index contributed by atoms with van der Waals surface area (Å²) in [7, 11) is 4.79. The Balaban J connectivity index is 1.82. The van der Waals surface area contributed by atoms with Crippen LogP contribution in [0.1, 0.15) is 0 Å². The van der Waals surface area contributed by atoms with Gasteiger partial charge in [0.2, 0.25) is 5.95 Å². The predicted molar refractivity (Wildman–Crippen MR) is 98.9 cm³/mol. The molecule has 0 amide bonds. The number of rotatable bonds is 7. The number of nitrogens with zero attached hydrogens (tertiary/aromatic N) is 3. The molecule has 0 bridgehead atoms. The van der Waals surface area contributed by atoms with Gasteiger partial charge >= 0.3 is 0 Å². The molecule has 8 heteroatoms. The van der Waals surface area contributed by atoms with E-state index in [-0.39, 0.29) is 0 Å². The highest BCUT2D eigenvalue weighted by molar-refractivity contribution is 5.67. The highest BCUT2D eigenvalue weighted by atomic mass is 16.5. The lowest BCUT2D eigenvalue weighted by Crippen LogP contribution is -2.04. The third-order valence-electron chi connectivity index (χ3n) is 3.58. The first-order valence-electron chi connectivity index (χ1n) is 7.82. The Morgan fingerprint density at radius 2 is 1.58 bits per heavy atom. The van der Waals surface area contributed by atoms with Crippen LogP contribution in [0.15, 0.2) is 48.7 Å². The van der Waals surface area contributed by atoms with Crippen molar-refractivity contribution in [3.8, 4) is 17.2 Å². The van der Waals surface area contributed by atoms with Crippen molar-refractivity contribution in [2.24, 2.45) is 0 Å². The van der Waals surface area contributed by atoms with E-state index in [2.05, 4.69) is 25.8 Å². The van der Waals surface area contributed by atoms with Crippen molar-refractivity contribution in [3.63, 3.8) is 0 Å². The fraction of sp³-hybridized carbons (Fsp3) is 0.167. The largest absolute Gasteiger partial charge is 0.497 e. The minimum Gasteiger partial charge on any atom is -0.497 e. The summed E-state index contributed by atoms with van der Waals surface area (Å²) >= 11 is 0. The fourth-order valence-electron chi connectivity index (χ4n) is 2.32. The van der Waals surface area contributed by atoms with Crippen molar-refractivity contribution in [2.45, 2.75) is 0 Å². The lowest BCUT2D eigenvalue weighted by Gasteiger charge is -2.12. The van der Waals surface area contributed by atoms with Crippen LogP contribution in [-0.2, 0) is 0 Å². The van der Waals surface area contributed by atoms with Gasteiger partial charge in [-0.05, 0) is 24.3 Å². The van der Waals surface area contributed by atoms with E-state index >= 15 is 0 Å². The van der Waals surface area contributed by atoms with E-state index in [0.29, 0.717) is 34.7 Å². The molecule has 0 unspecified atom stereocenters. The van der Waals surface area contributed by atoms with Crippen LogP contribution in [-0.4, -0.2) is 36.5 Å². The minimum absolute atomic E-state index is 0.327. The summed E-state index contributed by atoms with van der Waals surface area (Å²) < 4.78 is 15.9. The molecule has 0 radical (unpaired) electrons. The van der Waals surface area contributed by atoms with Crippen molar-refractivity contribution in [1.29, 1.82) is 0 Å². The molecular weight excluding hydrogens is 334 g/mol. The summed E-state index contributed by atoms with van der Waals surface area (Å²) in [6, 6.07) is 13.0. The maximum absolute atomic E-state index is 5.37. The molecule has 0 fully saturated rings. The van der Waals surface area contributed by atoms with Crippen molar-refractivity contribution in [1.82, 2.24) is 15.2 Å². The number of hydrogen-bond donors (Lipinski definition) is 2. The molecule has 0 aliphatic heterocycles. The van der Waals surface area contributed by atoms with Crippen molar-refractivity contribution in [2.75, 3.05) is 32.0 Å². The van der Waals surface area contributed by atoms with E-state index in [1.54, 1.807) is 27.4 Å².